The van der Waals surface area contributed by atoms with Crippen molar-refractivity contribution in [2.75, 3.05) is 23.0 Å². The molecule has 0 aliphatic carbocycles. The minimum Gasteiger partial charge on any atom is -0.494 e. The van der Waals surface area contributed by atoms with Crippen LogP contribution in [0.3, 0.4) is 0 Å². The van der Waals surface area contributed by atoms with Gasteiger partial charge in [0.05, 0.1) is 36.8 Å². The molecule has 208 valence electrons. The zero-order valence-corrected chi connectivity index (χ0v) is 25.0. The van der Waals surface area contributed by atoms with E-state index in [0.29, 0.717) is 16.5 Å². The summed E-state index contributed by atoms with van der Waals surface area (Å²) in [5, 5.41) is 4.05. The van der Waals surface area contributed by atoms with Gasteiger partial charge >= 0.3 is 0 Å². The van der Waals surface area contributed by atoms with Gasteiger partial charge < -0.3 is 19.5 Å². The number of aromatic nitrogens is 2. The Morgan fingerprint density at radius 1 is 1.02 bits per heavy atom. The van der Waals surface area contributed by atoms with Crippen LogP contribution in [-0.2, 0) is 10.0 Å². The molecule has 2 N–H and O–H groups in total. The highest BCUT2D eigenvalue weighted by atomic mass is 32.2. The molecule has 2 aromatic heterocycles. The first kappa shape index (κ1) is 27.7. The molecule has 10 heteroatoms. The number of pyridine rings is 1. The molecule has 0 unspecified atom stereocenters. The fourth-order valence-corrected chi connectivity index (χ4v) is 6.41. The first-order valence-electron chi connectivity index (χ1n) is 12.9. The molecule has 0 spiro atoms. The molecule has 5 rings (SSSR count). The van der Waals surface area contributed by atoms with Crippen molar-refractivity contribution in [3.63, 3.8) is 0 Å². The van der Waals surface area contributed by atoms with E-state index in [-0.39, 0.29) is 12.1 Å². The van der Waals surface area contributed by atoms with Gasteiger partial charge in [0.25, 0.3) is 0 Å². The zero-order valence-electron chi connectivity index (χ0n) is 23.4. The summed E-state index contributed by atoms with van der Waals surface area (Å²) in [6.45, 7) is 8.53. The van der Waals surface area contributed by atoms with Crippen LogP contribution < -0.4 is 19.7 Å². The minimum absolute atomic E-state index is 0.221. The zero-order chi connectivity index (χ0) is 28.8. The van der Waals surface area contributed by atoms with E-state index < -0.39 is 10.0 Å². The summed E-state index contributed by atoms with van der Waals surface area (Å²) in [4.78, 5) is 6.74. The number of anilines is 2. The van der Waals surface area contributed by atoms with Gasteiger partial charge in [-0.25, -0.2) is 8.42 Å². The average Bonchev–Trinajstić information content (AvgIpc) is 3.40. The molecule has 1 saturated heterocycles. The largest absolute Gasteiger partial charge is 0.494 e. The third kappa shape index (κ3) is 5.04. The van der Waals surface area contributed by atoms with Gasteiger partial charge in [-0.15, -0.1) is 0 Å². The molecule has 0 bridgehead atoms. The fraction of sp³-hybridized carbons (Fsp3) is 0.267. The Kier molecular flexibility index (Phi) is 7.32. The second kappa shape index (κ2) is 10.6. The number of hydrogen-bond donors (Lipinski definition) is 2. The van der Waals surface area contributed by atoms with Gasteiger partial charge in [0.15, 0.2) is 5.11 Å². The number of nitrogens with one attached hydrogen (secondary N) is 2. The van der Waals surface area contributed by atoms with Gasteiger partial charge in [-0.3, -0.25) is 9.71 Å². The number of hydrogen-bond acceptors (Lipinski definition) is 5. The molecule has 2 atom stereocenters. The van der Waals surface area contributed by atoms with Crippen molar-refractivity contribution >= 4 is 38.7 Å². The Balaban J connectivity index is 1.68. The van der Waals surface area contributed by atoms with E-state index in [2.05, 4.69) is 76.5 Å². The van der Waals surface area contributed by atoms with Crippen LogP contribution in [-0.4, -0.2) is 36.4 Å². The molecule has 40 heavy (non-hydrogen) atoms. The van der Waals surface area contributed by atoms with Gasteiger partial charge in [0.2, 0.25) is 10.0 Å². The van der Waals surface area contributed by atoms with E-state index in [0.717, 1.165) is 40.3 Å². The van der Waals surface area contributed by atoms with Crippen molar-refractivity contribution < 1.29 is 13.2 Å². The molecular weight excluding hydrogens is 542 g/mol. The van der Waals surface area contributed by atoms with E-state index in [1.54, 1.807) is 18.3 Å². The summed E-state index contributed by atoms with van der Waals surface area (Å²) in [6, 6.07) is 19.4. The molecule has 1 aliphatic rings. The van der Waals surface area contributed by atoms with E-state index in [1.807, 2.05) is 24.3 Å². The highest BCUT2D eigenvalue weighted by Crippen LogP contribution is 2.45. The summed E-state index contributed by atoms with van der Waals surface area (Å²) >= 11 is 5.92. The number of methoxy groups -OCH3 is 1. The van der Waals surface area contributed by atoms with E-state index in [4.69, 9.17) is 17.0 Å². The predicted octanol–water partition coefficient (Wildman–Crippen LogP) is 5.66. The third-order valence-corrected chi connectivity index (χ3v) is 8.37. The van der Waals surface area contributed by atoms with Crippen molar-refractivity contribution in [3.05, 3.63) is 101 Å². The first-order valence-corrected chi connectivity index (χ1v) is 15.2. The fourth-order valence-electron chi connectivity index (χ4n) is 5.50. The molecule has 0 radical (unpaired) electrons. The Morgan fingerprint density at radius 3 is 2.48 bits per heavy atom. The van der Waals surface area contributed by atoms with Crippen LogP contribution in [0.1, 0.15) is 45.9 Å². The topological polar surface area (TPSA) is 88.5 Å². The molecule has 8 nitrogen and oxygen atoms in total. The number of thiocarbonyl (C=S) groups is 1. The molecule has 1 fully saturated rings. The monoisotopic (exact) mass is 575 g/mol. The number of rotatable bonds is 7. The number of nitrogens with zero attached hydrogens (tertiary/aromatic N) is 3. The normalized spacial score (nSPS) is 17.1. The summed E-state index contributed by atoms with van der Waals surface area (Å²) in [5.74, 6) is 0.395. The maximum Gasteiger partial charge on any atom is 0.229 e. The Bertz CT molecular complexity index is 1700. The van der Waals surface area contributed by atoms with Gasteiger partial charge in [-0.1, -0.05) is 18.2 Å². The lowest BCUT2D eigenvalue weighted by Crippen LogP contribution is -2.29. The highest BCUT2D eigenvalue weighted by Gasteiger charge is 2.42. The quantitative estimate of drug-likeness (QED) is 0.275. The molecule has 1 aliphatic heterocycles. The van der Waals surface area contributed by atoms with Crippen LogP contribution in [0.5, 0.6) is 5.75 Å². The van der Waals surface area contributed by atoms with E-state index in [1.165, 1.54) is 18.2 Å². The molecule has 0 saturated carbocycles. The maximum absolute atomic E-state index is 11.9. The van der Waals surface area contributed by atoms with Gasteiger partial charge in [-0.2, -0.15) is 0 Å². The Hall–Kier alpha value is -3.89. The van der Waals surface area contributed by atoms with Gasteiger partial charge in [0.1, 0.15) is 5.75 Å². The molecule has 4 aromatic rings. The van der Waals surface area contributed by atoms with Crippen molar-refractivity contribution in [2.24, 2.45) is 0 Å². The van der Waals surface area contributed by atoms with Crippen LogP contribution in [0.2, 0.25) is 0 Å². The van der Waals surface area contributed by atoms with Crippen LogP contribution in [0.25, 0.3) is 5.69 Å². The van der Waals surface area contributed by atoms with Crippen LogP contribution in [0.4, 0.5) is 11.4 Å². The third-order valence-electron chi connectivity index (χ3n) is 7.46. The molecule has 2 aromatic carbocycles. The molecule has 3 heterocycles. The van der Waals surface area contributed by atoms with Crippen molar-refractivity contribution in [3.8, 4) is 11.4 Å². The Morgan fingerprint density at radius 2 is 1.80 bits per heavy atom. The second-order valence-corrected chi connectivity index (χ2v) is 12.3. The van der Waals surface area contributed by atoms with Crippen molar-refractivity contribution in [1.82, 2.24) is 14.9 Å². The summed E-state index contributed by atoms with van der Waals surface area (Å²) in [5.41, 5.74) is 8.94. The summed E-state index contributed by atoms with van der Waals surface area (Å²) in [7, 11) is -1.97. The lowest BCUT2D eigenvalue weighted by molar-refractivity contribution is 0.417. The maximum atomic E-state index is 11.9. The summed E-state index contributed by atoms with van der Waals surface area (Å²) < 4.78 is 34.2. The lowest BCUT2D eigenvalue weighted by Gasteiger charge is -2.29. The van der Waals surface area contributed by atoms with Gasteiger partial charge in [0, 0.05) is 35.0 Å². The second-order valence-electron chi connectivity index (χ2n) is 10.1. The number of ether oxygens (including phenoxy) is 1. The van der Waals surface area contributed by atoms with Crippen LogP contribution in [0.15, 0.2) is 66.9 Å². The standard InChI is InChI=1S/C30H33N5O3S2/c1-18-10-9-12-26(20(18)3)34-19(2)16-23(21(34)4)29-28(25-11-7-8-15-31-25)32-30(39)35(29)22-13-14-24(27(17-22)38-5)33-40(6,36)37/h7-17,28-29,33H,1-6H3,(H,32,39)/t28-,29-/m0/s1. The Labute approximate surface area is 241 Å². The van der Waals surface area contributed by atoms with Crippen LogP contribution >= 0.6 is 12.2 Å². The molecule has 0 amide bonds. The summed E-state index contributed by atoms with van der Waals surface area (Å²) in [6.07, 6.45) is 2.90. The van der Waals surface area contributed by atoms with Crippen molar-refractivity contribution in [1.29, 1.82) is 0 Å². The molecular formula is C30H33N5O3S2. The number of benzene rings is 2. The minimum atomic E-state index is -3.48. The lowest BCUT2D eigenvalue weighted by atomic mass is 9.96. The number of sulfonamides is 1. The predicted molar refractivity (Wildman–Crippen MR) is 164 cm³/mol. The number of aryl methyl sites for hydroxylation is 2. The SMILES string of the molecule is COc1cc(N2C(=S)N[C@@H](c3ccccn3)[C@@H]2c2cc(C)n(-c3cccc(C)c3C)c2C)ccc1NS(C)(=O)=O. The van der Waals surface area contributed by atoms with Crippen molar-refractivity contribution in [2.45, 2.75) is 39.8 Å². The van der Waals surface area contributed by atoms with E-state index >= 15 is 0 Å². The smallest absolute Gasteiger partial charge is 0.229 e. The first-order chi connectivity index (χ1) is 19.0. The average molecular weight is 576 g/mol. The van der Waals surface area contributed by atoms with E-state index in [9.17, 15) is 8.42 Å². The highest BCUT2D eigenvalue weighted by molar-refractivity contribution is 7.92. The van der Waals surface area contributed by atoms with Gasteiger partial charge in [-0.05, 0) is 93.0 Å². The van der Waals surface area contributed by atoms with Crippen LogP contribution in [0, 0.1) is 27.7 Å².